The van der Waals surface area contributed by atoms with E-state index in [-0.39, 0.29) is 11.5 Å². The van der Waals surface area contributed by atoms with Crippen molar-refractivity contribution in [1.29, 1.82) is 0 Å². The SMILES string of the molecule is Nc1ccc([N+](=O)[O-])c(-c2ccc(C3CCC3)cc2)n1. The van der Waals surface area contributed by atoms with Crippen LogP contribution in [-0.4, -0.2) is 9.91 Å². The molecule has 0 saturated heterocycles. The quantitative estimate of drug-likeness (QED) is 0.682. The molecular weight excluding hydrogens is 254 g/mol. The molecule has 1 aliphatic rings. The Balaban J connectivity index is 1.99. The van der Waals surface area contributed by atoms with E-state index in [0.717, 1.165) is 5.56 Å². The number of nitrogens with two attached hydrogens (primary N) is 1. The van der Waals surface area contributed by atoms with Crippen LogP contribution < -0.4 is 5.73 Å². The molecule has 0 amide bonds. The van der Waals surface area contributed by atoms with E-state index in [4.69, 9.17) is 5.73 Å². The Morgan fingerprint density at radius 1 is 1.15 bits per heavy atom. The number of benzene rings is 1. The smallest absolute Gasteiger partial charge is 0.295 e. The molecule has 5 heteroatoms. The van der Waals surface area contributed by atoms with E-state index in [9.17, 15) is 10.1 Å². The highest BCUT2D eigenvalue weighted by Gasteiger charge is 2.21. The molecule has 1 aromatic heterocycles. The predicted molar refractivity (Wildman–Crippen MR) is 77.3 cm³/mol. The monoisotopic (exact) mass is 269 g/mol. The number of aromatic nitrogens is 1. The van der Waals surface area contributed by atoms with Crippen LogP contribution in [0.25, 0.3) is 11.3 Å². The van der Waals surface area contributed by atoms with Crippen LogP contribution in [0.3, 0.4) is 0 Å². The zero-order chi connectivity index (χ0) is 14.1. The molecule has 0 bridgehead atoms. The van der Waals surface area contributed by atoms with Gasteiger partial charge < -0.3 is 5.73 Å². The Bertz CT molecular complexity index is 649. The van der Waals surface area contributed by atoms with Crippen LogP contribution in [0, 0.1) is 10.1 Å². The number of anilines is 1. The lowest BCUT2D eigenvalue weighted by molar-refractivity contribution is -0.384. The maximum absolute atomic E-state index is 11.1. The number of hydrogen-bond donors (Lipinski definition) is 1. The summed E-state index contributed by atoms with van der Waals surface area (Å²) < 4.78 is 0. The number of nitrogens with zero attached hydrogens (tertiary/aromatic N) is 2. The Morgan fingerprint density at radius 2 is 1.85 bits per heavy atom. The van der Waals surface area contributed by atoms with Gasteiger partial charge in [0.05, 0.1) is 4.92 Å². The van der Waals surface area contributed by atoms with Gasteiger partial charge in [0.15, 0.2) is 5.69 Å². The Hall–Kier alpha value is -2.43. The highest BCUT2D eigenvalue weighted by atomic mass is 16.6. The van der Waals surface area contributed by atoms with Crippen molar-refractivity contribution in [3.05, 3.63) is 52.1 Å². The zero-order valence-electron chi connectivity index (χ0n) is 11.0. The van der Waals surface area contributed by atoms with E-state index >= 15 is 0 Å². The lowest BCUT2D eigenvalue weighted by atomic mass is 9.80. The fourth-order valence-corrected chi connectivity index (χ4v) is 2.48. The van der Waals surface area contributed by atoms with Crippen molar-refractivity contribution in [3.8, 4) is 11.3 Å². The molecule has 1 saturated carbocycles. The first-order valence-corrected chi connectivity index (χ1v) is 6.66. The molecule has 2 N–H and O–H groups in total. The summed E-state index contributed by atoms with van der Waals surface area (Å²) in [6.07, 6.45) is 3.75. The molecule has 0 atom stereocenters. The molecule has 0 unspecified atom stereocenters. The molecule has 2 aromatic rings. The van der Waals surface area contributed by atoms with E-state index < -0.39 is 4.92 Å². The van der Waals surface area contributed by atoms with Gasteiger partial charge in [-0.3, -0.25) is 10.1 Å². The van der Waals surface area contributed by atoms with E-state index in [0.29, 0.717) is 11.6 Å². The van der Waals surface area contributed by atoms with Gasteiger partial charge in [-0.1, -0.05) is 30.7 Å². The molecule has 20 heavy (non-hydrogen) atoms. The van der Waals surface area contributed by atoms with Gasteiger partial charge in [-0.05, 0) is 30.4 Å². The summed E-state index contributed by atoms with van der Waals surface area (Å²) >= 11 is 0. The van der Waals surface area contributed by atoms with Gasteiger partial charge in [-0.25, -0.2) is 4.98 Å². The highest BCUT2D eigenvalue weighted by Crippen LogP contribution is 2.37. The fraction of sp³-hybridized carbons (Fsp3) is 0.267. The lowest BCUT2D eigenvalue weighted by Crippen LogP contribution is -2.08. The van der Waals surface area contributed by atoms with Crippen LogP contribution in [0.4, 0.5) is 11.5 Å². The van der Waals surface area contributed by atoms with Crippen LogP contribution in [0.5, 0.6) is 0 Å². The first-order valence-electron chi connectivity index (χ1n) is 6.66. The molecule has 1 aromatic carbocycles. The minimum atomic E-state index is -0.429. The summed E-state index contributed by atoms with van der Waals surface area (Å²) in [4.78, 5) is 14.7. The standard InChI is InChI=1S/C15H15N3O2/c16-14-9-8-13(18(19)20)15(17-14)12-6-4-11(5-7-12)10-2-1-3-10/h4-10H,1-3H2,(H2,16,17). The van der Waals surface area contributed by atoms with Gasteiger partial charge >= 0.3 is 0 Å². The summed E-state index contributed by atoms with van der Waals surface area (Å²) in [6.45, 7) is 0. The van der Waals surface area contributed by atoms with Crippen molar-refractivity contribution in [1.82, 2.24) is 4.98 Å². The molecule has 3 rings (SSSR count). The second-order valence-electron chi connectivity index (χ2n) is 5.11. The molecule has 0 spiro atoms. The first kappa shape index (κ1) is 12.6. The molecule has 0 radical (unpaired) electrons. The van der Waals surface area contributed by atoms with E-state index in [2.05, 4.69) is 4.98 Å². The topological polar surface area (TPSA) is 82.0 Å². The Morgan fingerprint density at radius 3 is 2.40 bits per heavy atom. The molecule has 1 aliphatic carbocycles. The average molecular weight is 269 g/mol. The van der Waals surface area contributed by atoms with Gasteiger partial charge in [0.2, 0.25) is 0 Å². The lowest BCUT2D eigenvalue weighted by Gasteiger charge is -2.25. The van der Waals surface area contributed by atoms with Crippen molar-refractivity contribution in [3.63, 3.8) is 0 Å². The third kappa shape index (κ3) is 2.22. The Kier molecular flexibility index (Phi) is 3.10. The summed E-state index contributed by atoms with van der Waals surface area (Å²) in [6, 6.07) is 10.7. The maximum atomic E-state index is 11.1. The number of nitro groups is 1. The summed E-state index contributed by atoms with van der Waals surface area (Å²) in [7, 11) is 0. The minimum absolute atomic E-state index is 0.0180. The average Bonchev–Trinajstić information content (AvgIpc) is 2.37. The number of hydrogen-bond acceptors (Lipinski definition) is 4. The van der Waals surface area contributed by atoms with E-state index in [1.807, 2.05) is 24.3 Å². The van der Waals surface area contributed by atoms with Crippen molar-refractivity contribution in [2.24, 2.45) is 0 Å². The summed E-state index contributed by atoms with van der Waals surface area (Å²) in [5.41, 5.74) is 7.98. The summed E-state index contributed by atoms with van der Waals surface area (Å²) in [5.74, 6) is 0.932. The van der Waals surface area contributed by atoms with Crippen molar-refractivity contribution in [2.45, 2.75) is 25.2 Å². The van der Waals surface area contributed by atoms with E-state index in [1.54, 1.807) is 0 Å². The first-order chi connectivity index (χ1) is 9.65. The predicted octanol–water partition coefficient (Wildman–Crippen LogP) is 3.51. The number of rotatable bonds is 3. The second kappa shape index (κ2) is 4.92. The molecule has 102 valence electrons. The zero-order valence-corrected chi connectivity index (χ0v) is 11.0. The molecule has 1 fully saturated rings. The van der Waals surface area contributed by atoms with Crippen molar-refractivity contribution < 1.29 is 4.92 Å². The van der Waals surface area contributed by atoms with Gasteiger partial charge in [-0.2, -0.15) is 0 Å². The van der Waals surface area contributed by atoms with E-state index in [1.165, 1.54) is 37.0 Å². The van der Waals surface area contributed by atoms with Crippen LogP contribution in [0.1, 0.15) is 30.7 Å². The van der Waals surface area contributed by atoms with Crippen molar-refractivity contribution >= 4 is 11.5 Å². The molecular formula is C15H15N3O2. The summed E-state index contributed by atoms with van der Waals surface area (Å²) in [5, 5.41) is 11.1. The third-order valence-corrected chi connectivity index (χ3v) is 3.85. The van der Waals surface area contributed by atoms with Crippen LogP contribution >= 0.6 is 0 Å². The highest BCUT2D eigenvalue weighted by molar-refractivity contribution is 5.71. The van der Waals surface area contributed by atoms with Gasteiger partial charge in [0.1, 0.15) is 5.82 Å². The van der Waals surface area contributed by atoms with Gasteiger partial charge in [0, 0.05) is 11.6 Å². The third-order valence-electron chi connectivity index (χ3n) is 3.85. The maximum Gasteiger partial charge on any atom is 0.295 e. The number of pyridine rings is 1. The second-order valence-corrected chi connectivity index (χ2v) is 5.11. The normalized spacial score (nSPS) is 14.8. The van der Waals surface area contributed by atoms with Crippen LogP contribution in [0.15, 0.2) is 36.4 Å². The fourth-order valence-electron chi connectivity index (χ4n) is 2.48. The molecule has 5 nitrogen and oxygen atoms in total. The van der Waals surface area contributed by atoms with Crippen molar-refractivity contribution in [2.75, 3.05) is 5.73 Å². The van der Waals surface area contributed by atoms with Gasteiger partial charge in [-0.15, -0.1) is 0 Å². The van der Waals surface area contributed by atoms with Crippen LogP contribution in [-0.2, 0) is 0 Å². The molecule has 0 aliphatic heterocycles. The Labute approximate surface area is 116 Å². The van der Waals surface area contributed by atoms with Gasteiger partial charge in [0.25, 0.3) is 5.69 Å². The number of nitrogen functional groups attached to an aromatic ring is 1. The largest absolute Gasteiger partial charge is 0.384 e. The minimum Gasteiger partial charge on any atom is -0.384 e. The molecule has 1 heterocycles. The van der Waals surface area contributed by atoms with Crippen LogP contribution in [0.2, 0.25) is 0 Å².